The molecule has 1 aliphatic rings. The number of nitrogens with zero attached hydrogens (tertiary/aromatic N) is 2. The molecule has 0 aliphatic carbocycles. The first-order valence-electron chi connectivity index (χ1n) is 5.76. The number of hydrogen-bond donors (Lipinski definition) is 2. The third-order valence-corrected chi connectivity index (χ3v) is 2.48. The van der Waals surface area contributed by atoms with Crippen molar-refractivity contribution in [2.45, 2.75) is 19.3 Å². The van der Waals surface area contributed by atoms with Crippen molar-refractivity contribution in [3.8, 4) is 0 Å². The maximum absolute atomic E-state index is 10.1. The summed E-state index contributed by atoms with van der Waals surface area (Å²) in [4.78, 5) is 17.6. The van der Waals surface area contributed by atoms with Crippen molar-refractivity contribution < 1.29 is 9.53 Å². The maximum Gasteiger partial charge on any atom is 0.224 e. The Bertz CT molecular complexity index is 361. The number of ether oxygens (including phenoxy) is 1. The highest BCUT2D eigenvalue weighted by molar-refractivity contribution is 6.28. The van der Waals surface area contributed by atoms with Crippen LogP contribution in [0.3, 0.4) is 0 Å². The van der Waals surface area contributed by atoms with Gasteiger partial charge in [0.1, 0.15) is 0 Å². The summed E-state index contributed by atoms with van der Waals surface area (Å²) in [7, 11) is 1.70. The van der Waals surface area contributed by atoms with Gasteiger partial charge in [-0.2, -0.15) is 4.98 Å². The van der Waals surface area contributed by atoms with Gasteiger partial charge in [-0.05, 0) is 30.9 Å². The van der Waals surface area contributed by atoms with Crippen molar-refractivity contribution >= 4 is 29.5 Å². The molecule has 0 bridgehead atoms. The van der Waals surface area contributed by atoms with Gasteiger partial charge < -0.3 is 15.4 Å². The predicted molar refractivity (Wildman–Crippen MR) is 70.9 cm³/mol. The van der Waals surface area contributed by atoms with E-state index in [2.05, 4.69) is 20.6 Å². The van der Waals surface area contributed by atoms with Gasteiger partial charge in [-0.1, -0.05) is 0 Å². The van der Waals surface area contributed by atoms with E-state index in [-0.39, 0.29) is 5.28 Å². The van der Waals surface area contributed by atoms with Crippen LogP contribution in [0.4, 0.5) is 11.5 Å². The molecule has 0 aromatic carbocycles. The van der Waals surface area contributed by atoms with Crippen LogP contribution in [0.5, 0.6) is 0 Å². The Kier molecular flexibility index (Phi) is 7.05. The quantitative estimate of drug-likeness (QED) is 0.649. The molecule has 1 aliphatic heterocycles. The summed E-state index contributed by atoms with van der Waals surface area (Å²) in [6.07, 6.45) is 5.95. The minimum absolute atomic E-state index is 0.0957. The molecule has 1 aromatic heterocycles. The summed E-state index contributed by atoms with van der Waals surface area (Å²) < 4.78 is 5.07. The first-order chi connectivity index (χ1) is 8.77. The van der Waals surface area contributed by atoms with Crippen LogP contribution in [-0.4, -0.2) is 36.6 Å². The zero-order valence-electron chi connectivity index (χ0n) is 10.3. The molecule has 2 rings (SSSR count). The van der Waals surface area contributed by atoms with Gasteiger partial charge >= 0.3 is 0 Å². The molecule has 0 atom stereocenters. The highest BCUT2D eigenvalue weighted by Crippen LogP contribution is 2.17. The van der Waals surface area contributed by atoms with E-state index in [1.54, 1.807) is 7.05 Å². The van der Waals surface area contributed by atoms with Crippen LogP contribution < -0.4 is 10.6 Å². The van der Waals surface area contributed by atoms with Crippen LogP contribution in [0.25, 0.3) is 0 Å². The zero-order chi connectivity index (χ0) is 13.2. The van der Waals surface area contributed by atoms with E-state index in [0.717, 1.165) is 13.2 Å². The molecule has 0 radical (unpaired) electrons. The van der Waals surface area contributed by atoms with Gasteiger partial charge in [0.2, 0.25) is 11.7 Å². The van der Waals surface area contributed by atoms with Gasteiger partial charge in [0.15, 0.2) is 5.82 Å². The Labute approximate surface area is 111 Å². The summed E-state index contributed by atoms with van der Waals surface area (Å²) in [5.41, 5.74) is 0.617. The van der Waals surface area contributed by atoms with Crippen LogP contribution in [0, 0.1) is 0 Å². The van der Waals surface area contributed by atoms with Crippen LogP contribution in [0.15, 0.2) is 6.20 Å². The fraction of sp³-hybridized carbons (Fsp3) is 0.545. The molecule has 1 fully saturated rings. The molecule has 2 N–H and O–H groups in total. The topological polar surface area (TPSA) is 76.1 Å². The molecule has 100 valence electrons. The summed E-state index contributed by atoms with van der Waals surface area (Å²) in [6.45, 7) is 2.00. The number of nitrogens with one attached hydrogen (secondary N) is 2. The molecular weight excluding hydrogens is 256 g/mol. The van der Waals surface area contributed by atoms with Crippen molar-refractivity contribution in [2.75, 3.05) is 30.9 Å². The van der Waals surface area contributed by atoms with Gasteiger partial charge in [0.05, 0.1) is 11.9 Å². The number of rotatable bonds is 3. The number of amides is 1. The summed E-state index contributed by atoms with van der Waals surface area (Å²) in [5.74, 6) is 0.368. The van der Waals surface area contributed by atoms with E-state index in [4.69, 9.17) is 16.3 Å². The lowest BCUT2D eigenvalue weighted by Gasteiger charge is -2.08. The Morgan fingerprint density at radius 3 is 2.56 bits per heavy atom. The first kappa shape index (κ1) is 14.7. The highest BCUT2D eigenvalue weighted by Gasteiger charge is 2.02. The Balaban J connectivity index is 0.000000225. The van der Waals surface area contributed by atoms with Gasteiger partial charge in [-0.25, -0.2) is 4.98 Å². The molecule has 0 unspecified atom stereocenters. The lowest BCUT2D eigenvalue weighted by molar-refractivity contribution is -0.105. The van der Waals surface area contributed by atoms with Crippen molar-refractivity contribution in [1.82, 2.24) is 9.97 Å². The Morgan fingerprint density at radius 2 is 2.11 bits per heavy atom. The van der Waals surface area contributed by atoms with Crippen LogP contribution >= 0.6 is 11.6 Å². The zero-order valence-corrected chi connectivity index (χ0v) is 11.0. The van der Waals surface area contributed by atoms with Gasteiger partial charge in [-0.3, -0.25) is 4.79 Å². The molecule has 18 heavy (non-hydrogen) atoms. The Hall–Kier alpha value is -1.40. The number of anilines is 2. The third-order valence-electron chi connectivity index (χ3n) is 2.30. The average Bonchev–Trinajstić information content (AvgIpc) is 2.42. The average molecular weight is 273 g/mol. The SMILES string of the molecule is C1CCOCC1.CNc1cnc(Cl)nc1NC=O. The predicted octanol–water partition coefficient (Wildman–Crippen LogP) is 1.93. The smallest absolute Gasteiger partial charge is 0.224 e. The fourth-order valence-corrected chi connectivity index (χ4v) is 1.53. The number of carbonyl (C=O) groups is 1. The van der Waals surface area contributed by atoms with E-state index < -0.39 is 0 Å². The second-order valence-electron chi connectivity index (χ2n) is 3.59. The minimum Gasteiger partial charge on any atom is -0.384 e. The lowest BCUT2D eigenvalue weighted by atomic mass is 10.2. The maximum atomic E-state index is 10.1. The van der Waals surface area contributed by atoms with Crippen LogP contribution in [-0.2, 0) is 9.53 Å². The molecule has 1 aromatic rings. The largest absolute Gasteiger partial charge is 0.384 e. The van der Waals surface area contributed by atoms with Crippen molar-refractivity contribution in [2.24, 2.45) is 0 Å². The molecule has 7 heteroatoms. The summed E-state index contributed by atoms with van der Waals surface area (Å²) in [6, 6.07) is 0. The number of carbonyl (C=O) groups excluding carboxylic acids is 1. The fourth-order valence-electron chi connectivity index (χ4n) is 1.40. The third kappa shape index (κ3) is 5.29. The summed E-state index contributed by atoms with van der Waals surface area (Å²) >= 11 is 5.50. The molecular formula is C11H17ClN4O2. The van der Waals surface area contributed by atoms with E-state index in [1.807, 2.05) is 0 Å². The number of aromatic nitrogens is 2. The Morgan fingerprint density at radius 1 is 1.39 bits per heavy atom. The monoisotopic (exact) mass is 272 g/mol. The van der Waals surface area contributed by atoms with E-state index in [0.29, 0.717) is 17.9 Å². The molecule has 1 amide bonds. The van der Waals surface area contributed by atoms with Gasteiger partial charge in [0, 0.05) is 20.3 Å². The van der Waals surface area contributed by atoms with Crippen molar-refractivity contribution in [1.29, 1.82) is 0 Å². The van der Waals surface area contributed by atoms with Crippen LogP contribution in [0.1, 0.15) is 19.3 Å². The molecule has 0 spiro atoms. The lowest BCUT2D eigenvalue weighted by Crippen LogP contribution is -2.03. The number of hydrogen-bond acceptors (Lipinski definition) is 5. The highest BCUT2D eigenvalue weighted by atomic mass is 35.5. The number of halogens is 1. The molecule has 6 nitrogen and oxygen atoms in total. The van der Waals surface area contributed by atoms with Crippen molar-refractivity contribution in [3.05, 3.63) is 11.5 Å². The van der Waals surface area contributed by atoms with Crippen LogP contribution in [0.2, 0.25) is 5.28 Å². The molecule has 1 saturated heterocycles. The van der Waals surface area contributed by atoms with Gasteiger partial charge in [0.25, 0.3) is 0 Å². The normalized spacial score (nSPS) is 14.1. The van der Waals surface area contributed by atoms with E-state index in [9.17, 15) is 4.79 Å². The standard InChI is InChI=1S/C6H7ClN4O.C5H10O/c1-8-4-2-9-6(7)11-5(4)10-3-12;1-2-4-6-5-3-1/h2-3,8H,1H3,(H,9,10,11,12);1-5H2. The second-order valence-corrected chi connectivity index (χ2v) is 3.92. The molecule has 0 saturated carbocycles. The van der Waals surface area contributed by atoms with E-state index >= 15 is 0 Å². The van der Waals surface area contributed by atoms with E-state index in [1.165, 1.54) is 25.5 Å². The molecule has 2 heterocycles. The first-order valence-corrected chi connectivity index (χ1v) is 6.14. The van der Waals surface area contributed by atoms with Crippen molar-refractivity contribution in [3.63, 3.8) is 0 Å². The summed E-state index contributed by atoms with van der Waals surface area (Å²) in [5, 5.41) is 5.29. The van der Waals surface area contributed by atoms with Gasteiger partial charge in [-0.15, -0.1) is 0 Å². The minimum atomic E-state index is 0.0957. The second kappa shape index (κ2) is 8.66.